The van der Waals surface area contributed by atoms with Crippen molar-refractivity contribution in [1.82, 2.24) is 9.97 Å². The van der Waals surface area contributed by atoms with Gasteiger partial charge in [-0.1, -0.05) is 12.1 Å². The molecule has 85 valence electrons. The third-order valence-corrected chi connectivity index (χ3v) is 1.95. The van der Waals surface area contributed by atoms with E-state index in [-0.39, 0.29) is 6.01 Å². The Bertz CT molecular complexity index is 505. The Morgan fingerprint density at radius 3 is 2.41 bits per heavy atom. The first-order chi connectivity index (χ1) is 8.24. The summed E-state index contributed by atoms with van der Waals surface area (Å²) in [5, 5.41) is 0. The minimum absolute atomic E-state index is 0.277. The van der Waals surface area contributed by atoms with E-state index in [0.717, 1.165) is 5.56 Å². The van der Waals surface area contributed by atoms with Crippen molar-refractivity contribution in [1.29, 1.82) is 0 Å². The van der Waals surface area contributed by atoms with Crippen molar-refractivity contribution in [2.75, 3.05) is 0 Å². The second-order valence-electron chi connectivity index (χ2n) is 3.29. The van der Waals surface area contributed by atoms with Gasteiger partial charge in [0.15, 0.2) is 0 Å². The van der Waals surface area contributed by atoms with E-state index in [2.05, 4.69) is 16.9 Å². The van der Waals surface area contributed by atoms with E-state index < -0.39 is 5.83 Å². The molecule has 0 fully saturated rings. The molecule has 0 bridgehead atoms. The van der Waals surface area contributed by atoms with E-state index in [1.54, 1.807) is 42.7 Å². The van der Waals surface area contributed by atoms with Crippen LogP contribution >= 0.6 is 0 Å². The highest BCUT2D eigenvalue weighted by molar-refractivity contribution is 5.53. The molecule has 17 heavy (non-hydrogen) atoms. The minimum atomic E-state index is -0.481. The van der Waals surface area contributed by atoms with Crippen molar-refractivity contribution in [3.8, 4) is 11.8 Å². The molecule has 0 saturated carbocycles. The molecule has 0 aliphatic heterocycles. The van der Waals surface area contributed by atoms with Gasteiger partial charge < -0.3 is 4.74 Å². The zero-order valence-electron chi connectivity index (χ0n) is 9.01. The normalized spacial score (nSPS) is 11.3. The van der Waals surface area contributed by atoms with Gasteiger partial charge in [-0.25, -0.2) is 14.4 Å². The predicted octanol–water partition coefficient (Wildman–Crippen LogP) is 3.41. The van der Waals surface area contributed by atoms with Crippen LogP contribution < -0.4 is 4.74 Å². The summed E-state index contributed by atoms with van der Waals surface area (Å²) in [5.74, 6) is 0.114. The highest BCUT2D eigenvalue weighted by Crippen LogP contribution is 2.18. The lowest BCUT2D eigenvalue weighted by Gasteiger charge is -2.02. The van der Waals surface area contributed by atoms with Crippen LogP contribution in [0, 0.1) is 6.92 Å². The Balaban J connectivity index is 2.11. The van der Waals surface area contributed by atoms with Crippen molar-refractivity contribution in [2.24, 2.45) is 0 Å². The Hall–Kier alpha value is -2.23. The highest BCUT2D eigenvalue weighted by atomic mass is 19.1. The number of rotatable bonds is 3. The Labute approximate surface area is 98.6 Å². The van der Waals surface area contributed by atoms with Crippen LogP contribution in [-0.4, -0.2) is 9.97 Å². The Morgan fingerprint density at radius 1 is 1.18 bits per heavy atom. The van der Waals surface area contributed by atoms with Crippen LogP contribution in [0.15, 0.2) is 48.6 Å². The molecule has 1 radical (unpaired) electrons. The van der Waals surface area contributed by atoms with E-state index in [0.29, 0.717) is 5.75 Å². The van der Waals surface area contributed by atoms with Crippen molar-refractivity contribution in [3.05, 3.63) is 61.0 Å². The summed E-state index contributed by atoms with van der Waals surface area (Å²) < 4.78 is 17.9. The molecule has 1 heterocycles. The van der Waals surface area contributed by atoms with E-state index in [4.69, 9.17) is 4.74 Å². The van der Waals surface area contributed by atoms with Crippen LogP contribution in [0.5, 0.6) is 11.8 Å². The van der Waals surface area contributed by atoms with Gasteiger partial charge in [-0.15, -0.1) is 0 Å². The van der Waals surface area contributed by atoms with Crippen molar-refractivity contribution < 1.29 is 9.13 Å². The van der Waals surface area contributed by atoms with Crippen LogP contribution in [0.2, 0.25) is 0 Å². The monoisotopic (exact) mass is 229 g/mol. The fourth-order valence-corrected chi connectivity index (χ4v) is 1.26. The molecule has 1 aromatic carbocycles. The Kier molecular flexibility index (Phi) is 3.45. The lowest BCUT2D eigenvalue weighted by Crippen LogP contribution is -1.89. The topological polar surface area (TPSA) is 35.0 Å². The lowest BCUT2D eigenvalue weighted by molar-refractivity contribution is 0.442. The third kappa shape index (κ3) is 3.38. The van der Waals surface area contributed by atoms with Gasteiger partial charge in [0.25, 0.3) is 0 Å². The molecule has 0 spiro atoms. The summed E-state index contributed by atoms with van der Waals surface area (Å²) in [4.78, 5) is 7.86. The third-order valence-electron chi connectivity index (χ3n) is 1.95. The summed E-state index contributed by atoms with van der Waals surface area (Å²) in [6, 6.07) is 8.86. The molecule has 2 rings (SSSR count). The summed E-state index contributed by atoms with van der Waals surface area (Å²) in [6.07, 6.45) is 4.53. The van der Waals surface area contributed by atoms with E-state index in [1.807, 2.05) is 0 Å². The molecule has 0 unspecified atom stereocenters. The smallest absolute Gasteiger partial charge is 0.321 e. The number of ether oxygens (including phenoxy) is 1. The maximum absolute atomic E-state index is 12.5. The maximum Gasteiger partial charge on any atom is 0.321 e. The largest absolute Gasteiger partial charge is 0.424 e. The number of allylic oxidation sites excluding steroid dienone is 1. The van der Waals surface area contributed by atoms with Gasteiger partial charge in [0, 0.05) is 19.3 Å². The van der Waals surface area contributed by atoms with Crippen molar-refractivity contribution in [2.45, 2.75) is 0 Å². The van der Waals surface area contributed by atoms with Crippen molar-refractivity contribution >= 4 is 6.08 Å². The minimum Gasteiger partial charge on any atom is -0.424 e. The fourth-order valence-electron chi connectivity index (χ4n) is 1.26. The zero-order chi connectivity index (χ0) is 12.1. The molecule has 0 atom stereocenters. The molecule has 0 aliphatic carbocycles. The summed E-state index contributed by atoms with van der Waals surface area (Å²) >= 11 is 0. The van der Waals surface area contributed by atoms with Gasteiger partial charge in [-0.2, -0.15) is 0 Å². The second kappa shape index (κ2) is 5.21. The van der Waals surface area contributed by atoms with Crippen molar-refractivity contribution in [3.63, 3.8) is 0 Å². The average molecular weight is 229 g/mol. The SMILES string of the molecule is [CH2]/C(F)=C\c1ccc(Oc2ncccn2)cc1. The van der Waals surface area contributed by atoms with Gasteiger partial charge in [0.1, 0.15) is 11.6 Å². The van der Waals surface area contributed by atoms with Gasteiger partial charge in [-0.3, -0.25) is 0 Å². The maximum atomic E-state index is 12.5. The predicted molar refractivity (Wildman–Crippen MR) is 63.0 cm³/mol. The van der Waals surface area contributed by atoms with Crippen LogP contribution in [-0.2, 0) is 0 Å². The Morgan fingerprint density at radius 2 is 1.82 bits per heavy atom. The number of benzene rings is 1. The quantitative estimate of drug-likeness (QED) is 0.808. The molecule has 4 heteroatoms. The van der Waals surface area contributed by atoms with E-state index in [9.17, 15) is 4.39 Å². The fraction of sp³-hybridized carbons (Fsp3) is 0. The molecular formula is C13H10FN2O. The van der Waals surface area contributed by atoms with Crippen LogP contribution in [0.1, 0.15) is 5.56 Å². The summed E-state index contributed by atoms with van der Waals surface area (Å²) in [6.45, 7) is 3.17. The standard InChI is InChI=1S/C13H10FN2O/c1-10(14)9-11-3-5-12(6-4-11)17-13-15-7-2-8-16-13/h2-9H,1H2/b10-9+. The number of aromatic nitrogens is 2. The first-order valence-electron chi connectivity index (χ1n) is 4.98. The van der Waals surface area contributed by atoms with E-state index in [1.165, 1.54) is 6.08 Å². The summed E-state index contributed by atoms with van der Waals surface area (Å²) in [5.41, 5.74) is 0.721. The average Bonchev–Trinajstić information content (AvgIpc) is 2.32. The number of nitrogens with zero attached hydrogens (tertiary/aromatic N) is 2. The molecule has 0 amide bonds. The van der Waals surface area contributed by atoms with Crippen LogP contribution in [0.3, 0.4) is 0 Å². The molecule has 0 aliphatic rings. The number of hydrogen-bond donors (Lipinski definition) is 0. The van der Waals surface area contributed by atoms with Gasteiger partial charge in [0.05, 0.1) is 0 Å². The molecular weight excluding hydrogens is 219 g/mol. The van der Waals surface area contributed by atoms with Crippen LogP contribution in [0.25, 0.3) is 6.08 Å². The second-order valence-corrected chi connectivity index (χ2v) is 3.29. The first-order valence-corrected chi connectivity index (χ1v) is 4.98. The molecule has 3 nitrogen and oxygen atoms in total. The molecule has 0 saturated heterocycles. The van der Waals surface area contributed by atoms with Gasteiger partial charge in [0.2, 0.25) is 0 Å². The molecule has 1 aromatic heterocycles. The van der Waals surface area contributed by atoms with E-state index >= 15 is 0 Å². The molecule has 0 N–H and O–H groups in total. The number of halogens is 1. The first kappa shape index (κ1) is 11.3. The van der Waals surface area contributed by atoms with Gasteiger partial charge in [-0.05, 0) is 29.8 Å². The van der Waals surface area contributed by atoms with Crippen LogP contribution in [0.4, 0.5) is 4.39 Å². The zero-order valence-corrected chi connectivity index (χ0v) is 9.01. The highest BCUT2D eigenvalue weighted by Gasteiger charge is 1.98. The number of hydrogen-bond acceptors (Lipinski definition) is 3. The molecule has 2 aromatic rings. The lowest BCUT2D eigenvalue weighted by atomic mass is 10.2. The van der Waals surface area contributed by atoms with Gasteiger partial charge >= 0.3 is 6.01 Å². The summed E-state index contributed by atoms with van der Waals surface area (Å²) in [7, 11) is 0.